The van der Waals surface area contributed by atoms with E-state index in [0.717, 1.165) is 28.7 Å². The summed E-state index contributed by atoms with van der Waals surface area (Å²) >= 11 is 0. The molecule has 1 fully saturated rings. The second-order valence-electron chi connectivity index (χ2n) is 9.21. The molecule has 2 aliphatic heterocycles. The van der Waals surface area contributed by atoms with Gasteiger partial charge >= 0.3 is 7.12 Å². The lowest BCUT2D eigenvalue weighted by Gasteiger charge is -2.38. The normalized spacial score (nSPS) is 24.8. The van der Waals surface area contributed by atoms with Gasteiger partial charge in [0.05, 0.1) is 17.6 Å². The van der Waals surface area contributed by atoms with E-state index in [0.29, 0.717) is 12.3 Å². The number of aryl methyl sites for hydroxylation is 1. The van der Waals surface area contributed by atoms with E-state index in [4.69, 9.17) is 9.31 Å². The summed E-state index contributed by atoms with van der Waals surface area (Å²) in [6, 6.07) is 4.15. The van der Waals surface area contributed by atoms with Gasteiger partial charge in [-0.25, -0.2) is 0 Å². The van der Waals surface area contributed by atoms with E-state index in [1.165, 1.54) is 25.7 Å². The maximum atomic E-state index is 11.7. The number of carbonyl (C=O) groups is 1. The van der Waals surface area contributed by atoms with Crippen LogP contribution in [0.5, 0.6) is 0 Å². The Morgan fingerprint density at radius 2 is 1.96 bits per heavy atom. The number of unbranched alkanes of at least 4 members (excludes halogenated alkanes) is 2. The second kappa shape index (κ2) is 7.59. The lowest BCUT2D eigenvalue weighted by molar-refractivity contribution is -0.115. The summed E-state index contributed by atoms with van der Waals surface area (Å²) in [7, 11) is -0.382. The van der Waals surface area contributed by atoms with E-state index in [2.05, 4.69) is 52.1 Å². The largest absolute Gasteiger partial charge is 0.494 e. The van der Waals surface area contributed by atoms with Crippen molar-refractivity contribution in [1.82, 2.24) is 0 Å². The average molecular weight is 371 g/mol. The van der Waals surface area contributed by atoms with Gasteiger partial charge in [0.25, 0.3) is 0 Å². The van der Waals surface area contributed by atoms with E-state index < -0.39 is 0 Å². The molecule has 2 heterocycles. The standard InChI is InChI=1S/C22H34BNO3/c1-7-8-9-10-15(2)14-22(6)21(4,5)26-23(27-22)18-11-16(3)20-17(12-18)13-19(25)24-20/h11-12,15H,7-10,13-14H2,1-6H3,(H,24,25). The molecule has 0 saturated carbocycles. The van der Waals surface area contributed by atoms with Gasteiger partial charge in [-0.1, -0.05) is 51.7 Å². The van der Waals surface area contributed by atoms with Crippen LogP contribution in [0.2, 0.25) is 0 Å². The fourth-order valence-electron chi connectivity index (χ4n) is 4.44. The quantitative estimate of drug-likeness (QED) is 0.572. The van der Waals surface area contributed by atoms with E-state index in [1.54, 1.807) is 0 Å². The summed E-state index contributed by atoms with van der Waals surface area (Å²) in [5, 5.41) is 2.95. The second-order valence-corrected chi connectivity index (χ2v) is 9.21. The Morgan fingerprint density at radius 3 is 2.67 bits per heavy atom. The van der Waals surface area contributed by atoms with Crippen molar-refractivity contribution in [3.8, 4) is 0 Å². The van der Waals surface area contributed by atoms with Crippen molar-refractivity contribution in [2.24, 2.45) is 5.92 Å². The zero-order chi connectivity index (χ0) is 19.8. The predicted octanol–water partition coefficient (Wildman–Crippen LogP) is 4.38. The lowest BCUT2D eigenvalue weighted by Crippen LogP contribution is -2.46. The van der Waals surface area contributed by atoms with Crippen LogP contribution in [-0.4, -0.2) is 24.2 Å². The zero-order valence-electron chi connectivity index (χ0n) is 17.8. The lowest BCUT2D eigenvalue weighted by atomic mass is 9.77. The maximum absolute atomic E-state index is 11.7. The molecule has 5 heteroatoms. The number of rotatable bonds is 7. The SMILES string of the molecule is CCCCCC(C)CC1(C)OB(c2cc(C)c3c(c2)CC(=O)N3)OC1(C)C. The first-order chi connectivity index (χ1) is 12.6. The van der Waals surface area contributed by atoms with Gasteiger partial charge in [-0.15, -0.1) is 0 Å². The molecule has 1 amide bonds. The third kappa shape index (κ3) is 4.09. The molecule has 4 nitrogen and oxygen atoms in total. The van der Waals surface area contributed by atoms with E-state index in [-0.39, 0.29) is 24.2 Å². The molecule has 0 aliphatic carbocycles. The fraction of sp³-hybridized carbons (Fsp3) is 0.682. The van der Waals surface area contributed by atoms with E-state index in [1.807, 2.05) is 6.92 Å². The molecule has 1 aromatic rings. The molecule has 2 unspecified atom stereocenters. The van der Waals surface area contributed by atoms with Crippen LogP contribution in [0.25, 0.3) is 0 Å². The highest BCUT2D eigenvalue weighted by Gasteiger charge is 2.54. The average Bonchev–Trinajstić information content (AvgIpc) is 3.05. The molecule has 0 spiro atoms. The summed E-state index contributed by atoms with van der Waals surface area (Å²) in [5.74, 6) is 0.663. The first kappa shape index (κ1) is 20.4. The first-order valence-corrected chi connectivity index (χ1v) is 10.4. The Bertz CT molecular complexity index is 718. The van der Waals surface area contributed by atoms with Gasteiger partial charge in [-0.3, -0.25) is 4.79 Å². The molecule has 3 rings (SSSR count). The van der Waals surface area contributed by atoms with Gasteiger partial charge in [0.2, 0.25) is 5.91 Å². The number of anilines is 1. The Morgan fingerprint density at radius 1 is 1.22 bits per heavy atom. The minimum absolute atomic E-state index is 0.0598. The van der Waals surface area contributed by atoms with Gasteiger partial charge in [0.15, 0.2) is 0 Å². The van der Waals surface area contributed by atoms with Gasteiger partial charge < -0.3 is 14.6 Å². The third-order valence-electron chi connectivity index (χ3n) is 6.41. The minimum atomic E-state index is -0.382. The van der Waals surface area contributed by atoms with Crippen molar-refractivity contribution in [2.45, 2.75) is 91.3 Å². The molecule has 0 bridgehead atoms. The summed E-state index contributed by atoms with van der Waals surface area (Å²) in [5.41, 5.74) is 3.38. The Kier molecular flexibility index (Phi) is 5.74. The molecular weight excluding hydrogens is 337 g/mol. The number of benzene rings is 1. The number of hydrogen-bond donors (Lipinski definition) is 1. The molecule has 2 atom stereocenters. The van der Waals surface area contributed by atoms with Crippen LogP contribution in [0, 0.1) is 12.8 Å². The number of nitrogens with one attached hydrogen (secondary N) is 1. The molecule has 0 aromatic heterocycles. The van der Waals surface area contributed by atoms with Crippen LogP contribution in [0.4, 0.5) is 5.69 Å². The van der Waals surface area contributed by atoms with Crippen LogP contribution in [0.15, 0.2) is 12.1 Å². The molecule has 27 heavy (non-hydrogen) atoms. The predicted molar refractivity (Wildman–Crippen MR) is 111 cm³/mol. The third-order valence-corrected chi connectivity index (χ3v) is 6.41. The highest BCUT2D eigenvalue weighted by atomic mass is 16.7. The van der Waals surface area contributed by atoms with Crippen molar-refractivity contribution in [1.29, 1.82) is 0 Å². The van der Waals surface area contributed by atoms with Crippen LogP contribution in [-0.2, 0) is 20.5 Å². The van der Waals surface area contributed by atoms with Crippen LogP contribution < -0.4 is 10.8 Å². The van der Waals surface area contributed by atoms with Crippen LogP contribution in [0.3, 0.4) is 0 Å². The Hall–Kier alpha value is -1.33. The van der Waals surface area contributed by atoms with Crippen molar-refractivity contribution < 1.29 is 14.1 Å². The van der Waals surface area contributed by atoms with Crippen molar-refractivity contribution >= 4 is 24.2 Å². The molecule has 1 aromatic carbocycles. The maximum Gasteiger partial charge on any atom is 0.494 e. The first-order valence-electron chi connectivity index (χ1n) is 10.4. The molecule has 0 radical (unpaired) electrons. The molecule has 148 valence electrons. The van der Waals surface area contributed by atoms with Crippen molar-refractivity contribution in [3.63, 3.8) is 0 Å². The van der Waals surface area contributed by atoms with Gasteiger partial charge in [0.1, 0.15) is 0 Å². The van der Waals surface area contributed by atoms with E-state index >= 15 is 0 Å². The Balaban J connectivity index is 1.76. The number of hydrogen-bond acceptors (Lipinski definition) is 3. The number of fused-ring (bicyclic) bond motifs is 1. The molecule has 2 aliphatic rings. The summed E-state index contributed by atoms with van der Waals surface area (Å²) < 4.78 is 12.9. The van der Waals surface area contributed by atoms with Crippen LogP contribution in [0.1, 0.15) is 77.8 Å². The summed E-state index contributed by atoms with van der Waals surface area (Å²) in [4.78, 5) is 11.7. The minimum Gasteiger partial charge on any atom is -0.399 e. The monoisotopic (exact) mass is 371 g/mol. The summed E-state index contributed by atoms with van der Waals surface area (Å²) in [6.45, 7) is 13.1. The van der Waals surface area contributed by atoms with Gasteiger partial charge in [-0.05, 0) is 56.6 Å². The van der Waals surface area contributed by atoms with Gasteiger partial charge in [0, 0.05) is 5.69 Å². The number of carbonyl (C=O) groups excluding carboxylic acids is 1. The van der Waals surface area contributed by atoms with Crippen molar-refractivity contribution in [3.05, 3.63) is 23.3 Å². The Labute approximate surface area is 164 Å². The van der Waals surface area contributed by atoms with Crippen molar-refractivity contribution in [2.75, 3.05) is 5.32 Å². The van der Waals surface area contributed by atoms with Gasteiger partial charge in [-0.2, -0.15) is 0 Å². The topological polar surface area (TPSA) is 47.6 Å². The fourth-order valence-corrected chi connectivity index (χ4v) is 4.44. The molecular formula is C22H34BNO3. The highest BCUT2D eigenvalue weighted by molar-refractivity contribution is 6.62. The molecule has 1 saturated heterocycles. The zero-order valence-corrected chi connectivity index (χ0v) is 17.8. The smallest absolute Gasteiger partial charge is 0.399 e. The van der Waals surface area contributed by atoms with E-state index in [9.17, 15) is 4.79 Å². The summed E-state index contributed by atoms with van der Waals surface area (Å²) in [6.07, 6.45) is 6.50. The molecule has 1 N–H and O–H groups in total. The highest BCUT2D eigenvalue weighted by Crippen LogP contribution is 2.42. The van der Waals surface area contributed by atoms with Crippen LogP contribution >= 0.6 is 0 Å². The number of amides is 1.